The van der Waals surface area contributed by atoms with Gasteiger partial charge in [-0.15, -0.1) is 11.6 Å². The standard InChI is InChI=1S/C6H11ClFN5/c1-2-10-6-12-5(9)11-4(8)13(6)3-7/h4H,2-3H2,1H3,(H3,9,10,11,12). The number of halogens is 2. The van der Waals surface area contributed by atoms with Gasteiger partial charge in [-0.25, -0.2) is 0 Å². The van der Waals surface area contributed by atoms with Crippen LogP contribution in [0, 0.1) is 0 Å². The molecule has 0 aromatic heterocycles. The maximum absolute atomic E-state index is 13.1. The minimum Gasteiger partial charge on any atom is -0.369 e. The second-order valence-electron chi connectivity index (χ2n) is 2.34. The molecule has 1 unspecified atom stereocenters. The lowest BCUT2D eigenvalue weighted by atomic mass is 10.6. The molecule has 1 rings (SSSR count). The molecule has 0 radical (unpaired) electrons. The van der Waals surface area contributed by atoms with Crippen molar-refractivity contribution >= 4 is 23.5 Å². The zero-order valence-electron chi connectivity index (χ0n) is 7.17. The predicted octanol–water partition coefficient (Wildman–Crippen LogP) is 0.0316. The van der Waals surface area contributed by atoms with Gasteiger partial charge in [-0.3, -0.25) is 15.2 Å². The molecule has 0 aromatic rings. The molecule has 5 nitrogen and oxygen atoms in total. The molecule has 0 aromatic carbocycles. The van der Waals surface area contributed by atoms with E-state index in [1.165, 1.54) is 4.90 Å². The van der Waals surface area contributed by atoms with Crippen molar-refractivity contribution < 1.29 is 4.39 Å². The van der Waals surface area contributed by atoms with Gasteiger partial charge in [-0.05, 0) is 6.92 Å². The van der Waals surface area contributed by atoms with Crippen LogP contribution in [0.5, 0.6) is 0 Å². The van der Waals surface area contributed by atoms with Crippen molar-refractivity contribution in [3.63, 3.8) is 0 Å². The number of nitrogens with one attached hydrogen (secondary N) is 1. The molecule has 1 aliphatic heterocycles. The van der Waals surface area contributed by atoms with Gasteiger partial charge < -0.3 is 5.73 Å². The Hall–Kier alpha value is -1.04. The van der Waals surface area contributed by atoms with Crippen LogP contribution in [0.1, 0.15) is 6.92 Å². The first-order valence-electron chi connectivity index (χ1n) is 3.80. The molecule has 7 heteroatoms. The van der Waals surface area contributed by atoms with Crippen molar-refractivity contribution in [3.05, 3.63) is 0 Å². The average molecular weight is 208 g/mol. The van der Waals surface area contributed by atoms with E-state index in [0.29, 0.717) is 12.5 Å². The lowest BCUT2D eigenvalue weighted by Crippen LogP contribution is -2.54. The van der Waals surface area contributed by atoms with Gasteiger partial charge in [-0.1, -0.05) is 0 Å². The van der Waals surface area contributed by atoms with Gasteiger partial charge in [0.2, 0.25) is 5.96 Å². The molecule has 74 valence electrons. The molecule has 0 saturated carbocycles. The SMILES string of the molecule is CCN=C1NC(N)=NC(F)N1CCl. The normalized spacial score (nSPS) is 25.8. The van der Waals surface area contributed by atoms with Crippen molar-refractivity contribution in [2.24, 2.45) is 15.7 Å². The van der Waals surface area contributed by atoms with Crippen LogP contribution in [0.4, 0.5) is 4.39 Å². The number of nitrogens with zero attached hydrogens (tertiary/aromatic N) is 3. The summed E-state index contributed by atoms with van der Waals surface area (Å²) in [5.41, 5.74) is 5.31. The maximum atomic E-state index is 13.1. The van der Waals surface area contributed by atoms with E-state index in [1.54, 1.807) is 0 Å². The molecule has 3 N–H and O–H groups in total. The highest BCUT2D eigenvalue weighted by Crippen LogP contribution is 2.08. The zero-order valence-corrected chi connectivity index (χ0v) is 7.92. The molecule has 0 spiro atoms. The van der Waals surface area contributed by atoms with E-state index in [2.05, 4.69) is 15.3 Å². The molecular weight excluding hydrogens is 197 g/mol. The minimum atomic E-state index is -1.55. The minimum absolute atomic E-state index is 0.0149. The van der Waals surface area contributed by atoms with Crippen LogP contribution in [-0.2, 0) is 0 Å². The fourth-order valence-corrected chi connectivity index (χ4v) is 1.12. The number of alkyl halides is 2. The second-order valence-corrected chi connectivity index (χ2v) is 2.58. The van der Waals surface area contributed by atoms with Crippen LogP contribution >= 0.6 is 11.6 Å². The first-order valence-corrected chi connectivity index (χ1v) is 4.34. The molecule has 0 fully saturated rings. The summed E-state index contributed by atoms with van der Waals surface area (Å²) in [5, 5.41) is 2.63. The highest BCUT2D eigenvalue weighted by molar-refractivity contribution is 6.19. The summed E-state index contributed by atoms with van der Waals surface area (Å²) in [6, 6.07) is -0.0240. The summed E-state index contributed by atoms with van der Waals surface area (Å²) in [5.74, 6) is 0.332. The van der Waals surface area contributed by atoms with Crippen LogP contribution in [-0.4, -0.2) is 35.8 Å². The van der Waals surface area contributed by atoms with Gasteiger partial charge in [0.05, 0.1) is 0 Å². The molecule has 13 heavy (non-hydrogen) atoms. The fraction of sp³-hybridized carbons (Fsp3) is 0.667. The molecule has 0 amide bonds. The van der Waals surface area contributed by atoms with E-state index in [-0.39, 0.29) is 12.0 Å². The lowest BCUT2D eigenvalue weighted by Gasteiger charge is -2.29. The fourth-order valence-electron chi connectivity index (χ4n) is 0.898. The first kappa shape index (κ1) is 10.0. The van der Waals surface area contributed by atoms with Crippen LogP contribution < -0.4 is 11.1 Å². The largest absolute Gasteiger partial charge is 0.369 e. The number of hydrogen-bond acceptors (Lipinski definition) is 3. The monoisotopic (exact) mass is 207 g/mol. The smallest absolute Gasteiger partial charge is 0.273 e. The topological polar surface area (TPSA) is 66.0 Å². The third-order valence-corrected chi connectivity index (χ3v) is 1.71. The predicted molar refractivity (Wildman–Crippen MR) is 50.2 cm³/mol. The highest BCUT2D eigenvalue weighted by atomic mass is 35.5. The summed E-state index contributed by atoms with van der Waals surface area (Å²) >= 11 is 5.51. The van der Waals surface area contributed by atoms with Gasteiger partial charge in [0.25, 0.3) is 6.42 Å². The van der Waals surface area contributed by atoms with Gasteiger partial charge in [0.15, 0.2) is 5.96 Å². The Balaban J connectivity index is 2.85. The molecule has 0 bridgehead atoms. The third kappa shape index (κ3) is 2.21. The van der Waals surface area contributed by atoms with Crippen LogP contribution in [0.25, 0.3) is 0 Å². The molecule has 1 atom stereocenters. The summed E-state index contributed by atoms with van der Waals surface area (Å²) in [4.78, 5) is 8.60. The molecular formula is C6H11ClFN5. The Morgan fingerprint density at radius 2 is 2.54 bits per heavy atom. The second kappa shape index (κ2) is 4.27. The van der Waals surface area contributed by atoms with Crippen molar-refractivity contribution in [2.45, 2.75) is 13.3 Å². The summed E-state index contributed by atoms with van der Waals surface area (Å²) < 4.78 is 13.1. The van der Waals surface area contributed by atoms with E-state index in [4.69, 9.17) is 17.3 Å². The Morgan fingerprint density at radius 1 is 1.85 bits per heavy atom. The van der Waals surface area contributed by atoms with E-state index in [1.807, 2.05) is 6.92 Å². The van der Waals surface area contributed by atoms with E-state index >= 15 is 0 Å². The van der Waals surface area contributed by atoms with E-state index in [9.17, 15) is 4.39 Å². The van der Waals surface area contributed by atoms with Gasteiger partial charge in [-0.2, -0.15) is 9.38 Å². The van der Waals surface area contributed by atoms with Crippen molar-refractivity contribution in [2.75, 3.05) is 12.5 Å². The Bertz CT molecular complexity index is 241. The third-order valence-electron chi connectivity index (χ3n) is 1.45. The number of rotatable bonds is 2. The van der Waals surface area contributed by atoms with Crippen molar-refractivity contribution in [3.8, 4) is 0 Å². The van der Waals surface area contributed by atoms with Crippen molar-refractivity contribution in [1.82, 2.24) is 10.2 Å². The number of guanidine groups is 2. The summed E-state index contributed by atoms with van der Waals surface area (Å²) in [6.07, 6.45) is -1.55. The Labute approximate surface area is 80.5 Å². The molecule has 1 heterocycles. The Kier molecular flexibility index (Phi) is 3.30. The highest BCUT2D eigenvalue weighted by Gasteiger charge is 2.25. The number of hydrogen-bond donors (Lipinski definition) is 2. The van der Waals surface area contributed by atoms with Gasteiger partial charge in [0.1, 0.15) is 6.00 Å². The molecule has 0 aliphatic carbocycles. The number of nitrogens with two attached hydrogens (primary N) is 1. The van der Waals surface area contributed by atoms with E-state index < -0.39 is 6.42 Å². The summed E-state index contributed by atoms with van der Waals surface area (Å²) in [6.45, 7) is 2.35. The van der Waals surface area contributed by atoms with Crippen LogP contribution in [0.3, 0.4) is 0 Å². The lowest BCUT2D eigenvalue weighted by molar-refractivity contribution is 0.173. The summed E-state index contributed by atoms with van der Waals surface area (Å²) in [7, 11) is 0. The van der Waals surface area contributed by atoms with E-state index in [0.717, 1.165) is 0 Å². The first-order chi connectivity index (χ1) is 6.19. The quantitative estimate of drug-likeness (QED) is 0.496. The van der Waals surface area contributed by atoms with Crippen LogP contribution in [0.2, 0.25) is 0 Å². The average Bonchev–Trinajstić information content (AvgIpc) is 2.04. The Morgan fingerprint density at radius 3 is 3.08 bits per heavy atom. The number of aliphatic imine (C=N–C) groups is 2. The van der Waals surface area contributed by atoms with Crippen molar-refractivity contribution in [1.29, 1.82) is 0 Å². The zero-order chi connectivity index (χ0) is 9.84. The van der Waals surface area contributed by atoms with Gasteiger partial charge >= 0.3 is 0 Å². The maximum Gasteiger partial charge on any atom is 0.273 e. The van der Waals surface area contributed by atoms with Crippen LogP contribution in [0.15, 0.2) is 9.98 Å². The van der Waals surface area contributed by atoms with Gasteiger partial charge in [0, 0.05) is 6.54 Å². The molecule has 0 saturated heterocycles. The molecule has 1 aliphatic rings.